The maximum Gasteiger partial charge on any atom is 0.170 e. The fourth-order valence-electron chi connectivity index (χ4n) is 3.50. The fraction of sp³-hybridized carbons (Fsp3) is 0.0833. The van der Waals surface area contributed by atoms with Gasteiger partial charge in [-0.05, 0) is 47.5 Å². The summed E-state index contributed by atoms with van der Waals surface area (Å²) in [5.74, 6) is 1.07. The van der Waals surface area contributed by atoms with E-state index in [9.17, 15) is 0 Å². The van der Waals surface area contributed by atoms with Gasteiger partial charge in [-0.2, -0.15) is 0 Å². The first-order valence-electron chi connectivity index (χ1n) is 9.80. The van der Waals surface area contributed by atoms with Crippen LogP contribution in [0.15, 0.2) is 83.6 Å². The van der Waals surface area contributed by atoms with E-state index in [4.69, 9.17) is 10.3 Å². The van der Waals surface area contributed by atoms with Crippen molar-refractivity contribution in [3.05, 3.63) is 95.9 Å². The SMILES string of the molecule is Nc1ncccc1-c1cc(Cc2ccc(CNc3ccc4[nH]ccc4c3)cc2)no1. The zero-order chi connectivity index (χ0) is 20.3. The number of nitrogens with two attached hydrogens (primary N) is 1. The van der Waals surface area contributed by atoms with Crippen LogP contribution in [0.3, 0.4) is 0 Å². The van der Waals surface area contributed by atoms with Crippen molar-refractivity contribution in [2.24, 2.45) is 0 Å². The lowest BCUT2D eigenvalue weighted by Crippen LogP contribution is -1.99. The third kappa shape index (κ3) is 3.75. The molecule has 0 atom stereocenters. The molecule has 0 bridgehead atoms. The van der Waals surface area contributed by atoms with Crippen molar-refractivity contribution < 1.29 is 4.52 Å². The summed E-state index contributed by atoms with van der Waals surface area (Å²) >= 11 is 0. The summed E-state index contributed by atoms with van der Waals surface area (Å²) in [6.45, 7) is 0.768. The number of aromatic amines is 1. The topological polar surface area (TPSA) is 92.8 Å². The van der Waals surface area contributed by atoms with Crippen LogP contribution in [0, 0.1) is 0 Å². The minimum atomic E-state index is 0.438. The Morgan fingerprint density at radius 1 is 0.967 bits per heavy atom. The van der Waals surface area contributed by atoms with Crippen LogP contribution in [0.1, 0.15) is 16.8 Å². The number of nitrogens with one attached hydrogen (secondary N) is 2. The predicted molar refractivity (Wildman–Crippen MR) is 119 cm³/mol. The Labute approximate surface area is 173 Å². The van der Waals surface area contributed by atoms with E-state index in [2.05, 4.69) is 69.0 Å². The molecule has 4 N–H and O–H groups in total. The molecule has 0 aliphatic rings. The van der Waals surface area contributed by atoms with Gasteiger partial charge in [0.05, 0.1) is 11.3 Å². The normalized spacial score (nSPS) is 11.1. The Bertz CT molecular complexity index is 1290. The number of pyridine rings is 1. The van der Waals surface area contributed by atoms with Crippen LogP contribution in [0.5, 0.6) is 0 Å². The van der Waals surface area contributed by atoms with E-state index in [1.165, 1.54) is 16.5 Å². The number of hydrogen-bond donors (Lipinski definition) is 3. The molecule has 5 aromatic rings. The molecule has 0 aliphatic heterocycles. The van der Waals surface area contributed by atoms with E-state index in [1.807, 2.05) is 24.4 Å². The predicted octanol–water partition coefficient (Wildman–Crippen LogP) is 5.00. The summed E-state index contributed by atoms with van der Waals surface area (Å²) in [6.07, 6.45) is 4.31. The Morgan fingerprint density at radius 2 is 1.83 bits per heavy atom. The van der Waals surface area contributed by atoms with Crippen LogP contribution < -0.4 is 11.1 Å². The molecule has 0 spiro atoms. The molecule has 148 valence electrons. The zero-order valence-electron chi connectivity index (χ0n) is 16.3. The molecule has 0 aliphatic carbocycles. The number of fused-ring (bicyclic) bond motifs is 1. The Morgan fingerprint density at radius 3 is 2.70 bits per heavy atom. The van der Waals surface area contributed by atoms with Gasteiger partial charge >= 0.3 is 0 Å². The molecule has 6 heteroatoms. The highest BCUT2D eigenvalue weighted by Crippen LogP contribution is 2.25. The van der Waals surface area contributed by atoms with Crippen LogP contribution in [-0.2, 0) is 13.0 Å². The number of aromatic nitrogens is 3. The molecule has 30 heavy (non-hydrogen) atoms. The summed E-state index contributed by atoms with van der Waals surface area (Å²) in [7, 11) is 0. The Balaban J connectivity index is 1.22. The molecule has 0 radical (unpaired) electrons. The van der Waals surface area contributed by atoms with Gasteiger partial charge in [-0.1, -0.05) is 29.4 Å². The van der Waals surface area contributed by atoms with E-state index in [0.717, 1.165) is 29.0 Å². The van der Waals surface area contributed by atoms with Gasteiger partial charge in [0.2, 0.25) is 0 Å². The van der Waals surface area contributed by atoms with Crippen molar-refractivity contribution in [3.8, 4) is 11.3 Å². The molecule has 3 aromatic heterocycles. The molecule has 6 nitrogen and oxygen atoms in total. The highest BCUT2D eigenvalue weighted by molar-refractivity contribution is 5.82. The third-order valence-corrected chi connectivity index (χ3v) is 5.12. The van der Waals surface area contributed by atoms with Gasteiger partial charge in [0.1, 0.15) is 5.82 Å². The second kappa shape index (κ2) is 7.75. The summed E-state index contributed by atoms with van der Waals surface area (Å²) in [5, 5.41) is 8.86. The molecule has 3 heterocycles. The van der Waals surface area contributed by atoms with Crippen molar-refractivity contribution >= 4 is 22.4 Å². The van der Waals surface area contributed by atoms with Crippen LogP contribution >= 0.6 is 0 Å². The van der Waals surface area contributed by atoms with E-state index < -0.39 is 0 Å². The first-order valence-corrected chi connectivity index (χ1v) is 9.80. The van der Waals surface area contributed by atoms with Gasteiger partial charge in [-0.25, -0.2) is 4.98 Å². The Hall–Kier alpha value is -4.06. The quantitative estimate of drug-likeness (QED) is 0.376. The number of anilines is 2. The fourth-order valence-corrected chi connectivity index (χ4v) is 3.50. The van der Waals surface area contributed by atoms with E-state index in [-0.39, 0.29) is 0 Å². The number of benzene rings is 2. The first kappa shape index (κ1) is 18.0. The zero-order valence-corrected chi connectivity index (χ0v) is 16.3. The second-order valence-corrected chi connectivity index (χ2v) is 7.25. The number of nitrogens with zero attached hydrogens (tertiary/aromatic N) is 2. The van der Waals surface area contributed by atoms with Crippen LogP contribution in [0.25, 0.3) is 22.2 Å². The van der Waals surface area contributed by atoms with E-state index in [1.54, 1.807) is 6.20 Å². The lowest BCUT2D eigenvalue weighted by molar-refractivity contribution is 0.425. The lowest BCUT2D eigenvalue weighted by atomic mass is 10.1. The Kier molecular flexibility index (Phi) is 4.65. The second-order valence-electron chi connectivity index (χ2n) is 7.25. The lowest BCUT2D eigenvalue weighted by Gasteiger charge is -2.07. The number of nitrogen functional groups attached to an aromatic ring is 1. The minimum Gasteiger partial charge on any atom is -0.383 e. The van der Waals surface area contributed by atoms with Gasteiger partial charge in [0.15, 0.2) is 5.76 Å². The van der Waals surface area contributed by atoms with Crippen molar-refractivity contribution in [1.29, 1.82) is 0 Å². The van der Waals surface area contributed by atoms with Gasteiger partial charge in [0.25, 0.3) is 0 Å². The smallest absolute Gasteiger partial charge is 0.170 e. The molecular formula is C24H21N5O. The molecule has 0 amide bonds. The maximum atomic E-state index is 5.92. The number of H-pyrrole nitrogens is 1. The monoisotopic (exact) mass is 395 g/mol. The molecular weight excluding hydrogens is 374 g/mol. The molecule has 0 saturated heterocycles. The molecule has 5 rings (SSSR count). The van der Waals surface area contributed by atoms with Gasteiger partial charge < -0.3 is 20.6 Å². The minimum absolute atomic E-state index is 0.438. The average molecular weight is 395 g/mol. The highest BCUT2D eigenvalue weighted by atomic mass is 16.5. The van der Waals surface area contributed by atoms with Crippen molar-refractivity contribution in [2.45, 2.75) is 13.0 Å². The highest BCUT2D eigenvalue weighted by Gasteiger charge is 2.10. The maximum absolute atomic E-state index is 5.92. The van der Waals surface area contributed by atoms with Crippen LogP contribution in [0.4, 0.5) is 11.5 Å². The van der Waals surface area contributed by atoms with Crippen LogP contribution in [0.2, 0.25) is 0 Å². The standard InChI is InChI=1S/C24H21N5O/c25-24-21(2-1-10-27-24)23-14-20(29-30-23)12-16-3-5-17(6-4-16)15-28-19-7-8-22-18(13-19)9-11-26-22/h1-11,13-14,26,28H,12,15H2,(H2,25,27). The van der Waals surface area contributed by atoms with E-state index >= 15 is 0 Å². The van der Waals surface area contributed by atoms with Gasteiger partial charge in [-0.3, -0.25) is 0 Å². The van der Waals surface area contributed by atoms with Crippen molar-refractivity contribution in [1.82, 2.24) is 15.1 Å². The summed E-state index contributed by atoms with van der Waals surface area (Å²) in [5.41, 5.74) is 12.2. The summed E-state index contributed by atoms with van der Waals surface area (Å²) in [4.78, 5) is 7.30. The number of hydrogen-bond acceptors (Lipinski definition) is 5. The third-order valence-electron chi connectivity index (χ3n) is 5.12. The van der Waals surface area contributed by atoms with Gasteiger partial charge in [0, 0.05) is 48.0 Å². The number of rotatable bonds is 6. The first-order chi connectivity index (χ1) is 14.7. The largest absolute Gasteiger partial charge is 0.383 e. The van der Waals surface area contributed by atoms with Crippen molar-refractivity contribution in [3.63, 3.8) is 0 Å². The average Bonchev–Trinajstić information content (AvgIpc) is 3.43. The summed E-state index contributed by atoms with van der Waals surface area (Å²) in [6, 6.07) is 22.5. The van der Waals surface area contributed by atoms with Crippen LogP contribution in [-0.4, -0.2) is 15.1 Å². The molecule has 2 aromatic carbocycles. The van der Waals surface area contributed by atoms with E-state index in [0.29, 0.717) is 18.0 Å². The molecule has 0 fully saturated rings. The molecule has 0 unspecified atom stereocenters. The van der Waals surface area contributed by atoms with Crippen molar-refractivity contribution in [2.75, 3.05) is 11.1 Å². The van der Waals surface area contributed by atoms with Gasteiger partial charge in [-0.15, -0.1) is 0 Å². The molecule has 0 saturated carbocycles. The summed E-state index contributed by atoms with van der Waals surface area (Å²) < 4.78 is 5.46.